The molecule has 2 aromatic heterocycles. The fourth-order valence-corrected chi connectivity index (χ4v) is 1.95. The van der Waals surface area contributed by atoms with Crippen molar-refractivity contribution >= 4 is 16.9 Å². The molecule has 0 spiro atoms. The van der Waals surface area contributed by atoms with Crippen molar-refractivity contribution < 1.29 is 13.7 Å². The van der Waals surface area contributed by atoms with E-state index < -0.39 is 0 Å². The predicted molar refractivity (Wildman–Crippen MR) is 59.5 cm³/mol. The van der Waals surface area contributed by atoms with Gasteiger partial charge >= 0.3 is 0 Å². The SMILES string of the molecule is Cc1noc2nc(N3CCOCC3)c(F)cc12. The Bertz CT molecular complexity index is 549. The van der Waals surface area contributed by atoms with Crippen LogP contribution in [0.15, 0.2) is 10.6 Å². The maximum atomic E-state index is 13.9. The van der Waals surface area contributed by atoms with Crippen molar-refractivity contribution in [2.75, 3.05) is 31.2 Å². The van der Waals surface area contributed by atoms with Crippen LogP contribution in [-0.4, -0.2) is 36.4 Å². The van der Waals surface area contributed by atoms with Gasteiger partial charge in [-0.1, -0.05) is 5.16 Å². The van der Waals surface area contributed by atoms with Crippen LogP contribution < -0.4 is 4.90 Å². The number of fused-ring (bicyclic) bond motifs is 1. The van der Waals surface area contributed by atoms with Crippen molar-refractivity contribution in [2.24, 2.45) is 0 Å². The van der Waals surface area contributed by atoms with Gasteiger partial charge in [-0.05, 0) is 13.0 Å². The van der Waals surface area contributed by atoms with Crippen molar-refractivity contribution in [1.82, 2.24) is 10.1 Å². The molecule has 1 aliphatic heterocycles. The molecule has 0 radical (unpaired) electrons. The Balaban J connectivity index is 2.06. The Hall–Kier alpha value is -1.69. The first-order valence-corrected chi connectivity index (χ1v) is 5.51. The van der Waals surface area contributed by atoms with Crippen LogP contribution in [0, 0.1) is 12.7 Å². The number of hydrogen-bond acceptors (Lipinski definition) is 5. The van der Waals surface area contributed by atoms with Crippen LogP contribution in [-0.2, 0) is 4.74 Å². The molecule has 0 aromatic carbocycles. The number of anilines is 1. The highest BCUT2D eigenvalue weighted by molar-refractivity contribution is 5.77. The number of pyridine rings is 1. The molecule has 0 atom stereocenters. The summed E-state index contributed by atoms with van der Waals surface area (Å²) in [4.78, 5) is 6.04. The van der Waals surface area contributed by atoms with E-state index >= 15 is 0 Å². The minimum absolute atomic E-state index is 0.317. The second kappa shape index (κ2) is 3.96. The number of halogens is 1. The van der Waals surface area contributed by atoms with E-state index in [2.05, 4.69) is 10.1 Å². The smallest absolute Gasteiger partial charge is 0.260 e. The summed E-state index contributed by atoms with van der Waals surface area (Å²) >= 11 is 0. The van der Waals surface area contributed by atoms with Crippen LogP contribution in [0.1, 0.15) is 5.69 Å². The number of ether oxygens (including phenoxy) is 1. The fraction of sp³-hybridized carbons (Fsp3) is 0.455. The zero-order chi connectivity index (χ0) is 11.8. The van der Waals surface area contributed by atoms with Gasteiger partial charge in [-0.15, -0.1) is 0 Å². The van der Waals surface area contributed by atoms with Gasteiger partial charge < -0.3 is 14.2 Å². The monoisotopic (exact) mass is 237 g/mol. The zero-order valence-electron chi connectivity index (χ0n) is 9.44. The Kier molecular flexibility index (Phi) is 2.44. The number of hydrogen-bond donors (Lipinski definition) is 0. The fourth-order valence-electron chi connectivity index (χ4n) is 1.95. The molecular formula is C11H12FN3O2. The third kappa shape index (κ3) is 1.74. The molecule has 1 fully saturated rings. The minimum Gasteiger partial charge on any atom is -0.378 e. The molecular weight excluding hydrogens is 225 g/mol. The lowest BCUT2D eigenvalue weighted by molar-refractivity contribution is 0.122. The second-order valence-corrected chi connectivity index (χ2v) is 4.01. The normalized spacial score (nSPS) is 16.7. The summed E-state index contributed by atoms with van der Waals surface area (Å²) in [6.45, 7) is 4.23. The number of nitrogens with zero attached hydrogens (tertiary/aromatic N) is 3. The van der Waals surface area contributed by atoms with Crippen LogP contribution in [0.2, 0.25) is 0 Å². The quantitative estimate of drug-likeness (QED) is 0.752. The predicted octanol–water partition coefficient (Wildman–Crippen LogP) is 1.51. The van der Waals surface area contributed by atoms with Gasteiger partial charge in [0.15, 0.2) is 11.6 Å². The molecule has 1 aliphatic rings. The Morgan fingerprint density at radius 1 is 1.35 bits per heavy atom. The van der Waals surface area contributed by atoms with E-state index in [-0.39, 0.29) is 5.82 Å². The lowest BCUT2D eigenvalue weighted by Gasteiger charge is -2.27. The molecule has 0 amide bonds. The molecule has 0 aliphatic carbocycles. The number of aryl methyl sites for hydroxylation is 1. The highest BCUT2D eigenvalue weighted by atomic mass is 19.1. The summed E-state index contributed by atoms with van der Waals surface area (Å²) < 4.78 is 24.2. The average Bonchev–Trinajstić information content (AvgIpc) is 2.71. The van der Waals surface area contributed by atoms with E-state index in [0.717, 1.165) is 0 Å². The molecule has 0 bridgehead atoms. The minimum atomic E-state index is -0.342. The maximum Gasteiger partial charge on any atom is 0.260 e. The molecule has 2 aromatic rings. The Morgan fingerprint density at radius 2 is 2.12 bits per heavy atom. The van der Waals surface area contributed by atoms with Crippen molar-refractivity contribution in [1.29, 1.82) is 0 Å². The van der Waals surface area contributed by atoms with Crippen molar-refractivity contribution in [2.45, 2.75) is 6.92 Å². The van der Waals surface area contributed by atoms with Crippen molar-refractivity contribution in [3.63, 3.8) is 0 Å². The van der Waals surface area contributed by atoms with Crippen LogP contribution in [0.4, 0.5) is 10.2 Å². The molecule has 6 heteroatoms. The summed E-state index contributed by atoms with van der Waals surface area (Å²) in [7, 11) is 0. The summed E-state index contributed by atoms with van der Waals surface area (Å²) in [6.07, 6.45) is 0. The van der Waals surface area contributed by atoms with Gasteiger partial charge in [0, 0.05) is 13.1 Å². The van der Waals surface area contributed by atoms with Crippen molar-refractivity contribution in [3.8, 4) is 0 Å². The van der Waals surface area contributed by atoms with Gasteiger partial charge in [-0.2, -0.15) is 4.98 Å². The standard InChI is InChI=1S/C11H12FN3O2/c1-7-8-6-9(12)10(13-11(8)17-14-7)15-2-4-16-5-3-15/h6H,2-5H2,1H3. The Morgan fingerprint density at radius 3 is 2.88 bits per heavy atom. The van der Waals surface area contributed by atoms with E-state index in [4.69, 9.17) is 9.26 Å². The molecule has 3 heterocycles. The van der Waals surface area contributed by atoms with E-state index in [1.54, 1.807) is 6.92 Å². The third-order valence-corrected chi connectivity index (χ3v) is 2.89. The summed E-state index contributed by atoms with van der Waals surface area (Å²) in [6, 6.07) is 1.43. The van der Waals surface area contributed by atoms with E-state index in [0.29, 0.717) is 48.9 Å². The van der Waals surface area contributed by atoms with Gasteiger partial charge in [0.1, 0.15) is 0 Å². The largest absolute Gasteiger partial charge is 0.378 e. The van der Waals surface area contributed by atoms with Gasteiger partial charge in [0.2, 0.25) is 0 Å². The van der Waals surface area contributed by atoms with Gasteiger partial charge in [0.25, 0.3) is 5.71 Å². The molecule has 0 N–H and O–H groups in total. The first-order chi connectivity index (χ1) is 8.25. The van der Waals surface area contributed by atoms with Gasteiger partial charge in [0.05, 0.1) is 24.3 Å². The molecule has 17 heavy (non-hydrogen) atoms. The second-order valence-electron chi connectivity index (χ2n) is 4.01. The van der Waals surface area contributed by atoms with Gasteiger partial charge in [-0.3, -0.25) is 0 Å². The van der Waals surface area contributed by atoms with Crippen molar-refractivity contribution in [3.05, 3.63) is 17.6 Å². The van der Waals surface area contributed by atoms with Gasteiger partial charge in [-0.25, -0.2) is 4.39 Å². The Labute approximate surface area is 97.2 Å². The van der Waals surface area contributed by atoms with Crippen LogP contribution in [0.5, 0.6) is 0 Å². The van der Waals surface area contributed by atoms with E-state index in [1.807, 2.05) is 4.90 Å². The molecule has 0 saturated carbocycles. The highest BCUT2D eigenvalue weighted by Gasteiger charge is 2.19. The van der Waals surface area contributed by atoms with Crippen LogP contribution >= 0.6 is 0 Å². The molecule has 90 valence electrons. The first kappa shape index (κ1) is 10.5. The molecule has 0 unspecified atom stereocenters. The highest BCUT2D eigenvalue weighted by Crippen LogP contribution is 2.24. The third-order valence-electron chi connectivity index (χ3n) is 2.89. The van der Waals surface area contributed by atoms with Crippen LogP contribution in [0.25, 0.3) is 11.1 Å². The van der Waals surface area contributed by atoms with Crippen LogP contribution in [0.3, 0.4) is 0 Å². The zero-order valence-corrected chi connectivity index (χ0v) is 9.44. The number of aromatic nitrogens is 2. The number of rotatable bonds is 1. The average molecular weight is 237 g/mol. The van der Waals surface area contributed by atoms with E-state index in [1.165, 1.54) is 6.07 Å². The lowest BCUT2D eigenvalue weighted by atomic mass is 10.2. The summed E-state index contributed by atoms with van der Waals surface area (Å²) in [5.41, 5.74) is 1.03. The van der Waals surface area contributed by atoms with E-state index in [9.17, 15) is 4.39 Å². The molecule has 5 nitrogen and oxygen atoms in total. The summed E-state index contributed by atoms with van der Waals surface area (Å²) in [5, 5.41) is 4.40. The summed E-state index contributed by atoms with van der Waals surface area (Å²) in [5.74, 6) is -0.0253. The lowest BCUT2D eigenvalue weighted by Crippen LogP contribution is -2.37. The number of morpholine rings is 1. The topological polar surface area (TPSA) is 51.4 Å². The molecule has 1 saturated heterocycles. The first-order valence-electron chi connectivity index (χ1n) is 5.51. The maximum absolute atomic E-state index is 13.9. The molecule has 3 rings (SSSR count).